The molecule has 0 amide bonds. The van der Waals surface area contributed by atoms with Crippen molar-refractivity contribution in [2.75, 3.05) is 0 Å². The molecule has 1 aliphatic rings. The van der Waals surface area contributed by atoms with Crippen molar-refractivity contribution in [2.45, 2.75) is 45.1 Å². The number of fused-ring (bicyclic) bond motifs is 1. The third-order valence-corrected chi connectivity index (χ3v) is 2.95. The fourth-order valence-corrected chi connectivity index (χ4v) is 2.07. The summed E-state index contributed by atoms with van der Waals surface area (Å²) in [7, 11) is 0. The highest BCUT2D eigenvalue weighted by atomic mass is 16.5. The molecule has 1 aromatic rings. The van der Waals surface area contributed by atoms with E-state index in [0.29, 0.717) is 11.9 Å². The molecule has 2 rings (SSSR count). The van der Waals surface area contributed by atoms with Gasteiger partial charge in [-0.25, -0.2) is 0 Å². The summed E-state index contributed by atoms with van der Waals surface area (Å²) in [5.74, 6) is 1.30. The molecule has 0 saturated carbocycles. The Morgan fingerprint density at radius 3 is 3.13 bits per heavy atom. The highest BCUT2D eigenvalue weighted by Gasteiger charge is 2.19. The average Bonchev–Trinajstić information content (AvgIpc) is 2.26. The molecule has 82 valence electrons. The van der Waals surface area contributed by atoms with Crippen LogP contribution in [0.4, 0.5) is 0 Å². The second-order valence-corrected chi connectivity index (χ2v) is 4.21. The Bertz CT molecular complexity index is 333. The highest BCUT2D eigenvalue weighted by Crippen LogP contribution is 2.31. The topological polar surface area (TPSA) is 29.5 Å². The minimum Gasteiger partial charge on any atom is -0.508 e. The molecule has 0 aliphatic carbocycles. The van der Waals surface area contributed by atoms with Gasteiger partial charge >= 0.3 is 0 Å². The van der Waals surface area contributed by atoms with Crippen LogP contribution in [0.1, 0.15) is 38.2 Å². The van der Waals surface area contributed by atoms with E-state index in [4.69, 9.17) is 4.74 Å². The maximum Gasteiger partial charge on any atom is 0.123 e. The molecule has 1 N–H and O–H groups in total. The first-order chi connectivity index (χ1) is 7.29. The zero-order valence-electron chi connectivity index (χ0n) is 9.20. The number of hydrogen-bond acceptors (Lipinski definition) is 2. The van der Waals surface area contributed by atoms with Gasteiger partial charge in [0.05, 0.1) is 6.10 Å². The van der Waals surface area contributed by atoms with Crippen LogP contribution >= 0.6 is 0 Å². The van der Waals surface area contributed by atoms with Gasteiger partial charge < -0.3 is 9.84 Å². The fourth-order valence-electron chi connectivity index (χ4n) is 2.07. The van der Waals surface area contributed by atoms with E-state index in [0.717, 1.165) is 30.6 Å². The molecule has 0 bridgehead atoms. The molecule has 0 aromatic heterocycles. The van der Waals surface area contributed by atoms with Gasteiger partial charge in [-0.1, -0.05) is 19.8 Å². The largest absolute Gasteiger partial charge is 0.508 e. The Morgan fingerprint density at radius 2 is 2.33 bits per heavy atom. The van der Waals surface area contributed by atoms with Gasteiger partial charge in [-0.15, -0.1) is 0 Å². The van der Waals surface area contributed by atoms with Gasteiger partial charge in [-0.05, 0) is 43.0 Å². The molecule has 0 fully saturated rings. The van der Waals surface area contributed by atoms with Gasteiger partial charge in [0.1, 0.15) is 11.5 Å². The fraction of sp³-hybridized carbons (Fsp3) is 0.538. The minimum atomic E-state index is 0.337. The number of phenols is 1. The first-order valence-electron chi connectivity index (χ1n) is 5.78. The predicted molar refractivity (Wildman–Crippen MR) is 60.4 cm³/mol. The maximum absolute atomic E-state index is 9.34. The van der Waals surface area contributed by atoms with Gasteiger partial charge in [0, 0.05) is 0 Å². The SMILES string of the molecule is CCCCC1CCc2cc(O)ccc2O1. The first kappa shape index (κ1) is 10.3. The summed E-state index contributed by atoms with van der Waals surface area (Å²) < 4.78 is 5.88. The van der Waals surface area contributed by atoms with E-state index >= 15 is 0 Å². The molecule has 1 unspecified atom stereocenters. The van der Waals surface area contributed by atoms with Crippen molar-refractivity contribution in [3.8, 4) is 11.5 Å². The number of unbranched alkanes of at least 4 members (excludes halogenated alkanes) is 1. The van der Waals surface area contributed by atoms with E-state index < -0.39 is 0 Å². The van der Waals surface area contributed by atoms with Gasteiger partial charge in [0.25, 0.3) is 0 Å². The molecule has 1 heterocycles. The van der Waals surface area contributed by atoms with Gasteiger partial charge in [0.2, 0.25) is 0 Å². The minimum absolute atomic E-state index is 0.337. The van der Waals surface area contributed by atoms with Crippen LogP contribution in [0, 0.1) is 0 Å². The molecule has 0 radical (unpaired) electrons. The normalized spacial score (nSPS) is 19.4. The van der Waals surface area contributed by atoms with Crippen LogP contribution in [0.25, 0.3) is 0 Å². The third kappa shape index (κ3) is 2.44. The monoisotopic (exact) mass is 206 g/mol. The second-order valence-electron chi connectivity index (χ2n) is 4.21. The molecule has 15 heavy (non-hydrogen) atoms. The van der Waals surface area contributed by atoms with E-state index in [9.17, 15) is 5.11 Å². The first-order valence-corrected chi connectivity index (χ1v) is 5.78. The Kier molecular flexibility index (Phi) is 3.14. The van der Waals surface area contributed by atoms with E-state index in [1.165, 1.54) is 12.8 Å². The number of ether oxygens (including phenoxy) is 1. The van der Waals surface area contributed by atoms with E-state index in [1.807, 2.05) is 12.1 Å². The van der Waals surface area contributed by atoms with Crippen LogP contribution in [-0.4, -0.2) is 11.2 Å². The van der Waals surface area contributed by atoms with Crippen molar-refractivity contribution in [1.82, 2.24) is 0 Å². The molecule has 0 spiro atoms. The van der Waals surface area contributed by atoms with Gasteiger partial charge in [-0.2, -0.15) is 0 Å². The van der Waals surface area contributed by atoms with Crippen molar-refractivity contribution in [3.63, 3.8) is 0 Å². The zero-order valence-corrected chi connectivity index (χ0v) is 9.20. The molecule has 1 atom stereocenters. The average molecular weight is 206 g/mol. The molecule has 1 aliphatic heterocycles. The number of aryl methyl sites for hydroxylation is 1. The van der Waals surface area contributed by atoms with Crippen LogP contribution in [0.15, 0.2) is 18.2 Å². The van der Waals surface area contributed by atoms with Crippen LogP contribution in [-0.2, 0) is 6.42 Å². The van der Waals surface area contributed by atoms with Crippen LogP contribution in [0.5, 0.6) is 11.5 Å². The van der Waals surface area contributed by atoms with Crippen LogP contribution in [0.2, 0.25) is 0 Å². The van der Waals surface area contributed by atoms with Gasteiger partial charge in [0.15, 0.2) is 0 Å². The summed E-state index contributed by atoms with van der Waals surface area (Å²) in [5, 5.41) is 9.34. The third-order valence-electron chi connectivity index (χ3n) is 2.95. The van der Waals surface area contributed by atoms with E-state index in [1.54, 1.807) is 6.07 Å². The Morgan fingerprint density at radius 1 is 1.47 bits per heavy atom. The number of hydrogen-bond donors (Lipinski definition) is 1. The number of phenolic OH excluding ortho intramolecular Hbond substituents is 1. The van der Waals surface area contributed by atoms with E-state index in [2.05, 4.69) is 6.92 Å². The lowest BCUT2D eigenvalue weighted by Gasteiger charge is -2.26. The lowest BCUT2D eigenvalue weighted by molar-refractivity contribution is 0.161. The summed E-state index contributed by atoms with van der Waals surface area (Å²) >= 11 is 0. The summed E-state index contributed by atoms with van der Waals surface area (Å²) in [4.78, 5) is 0. The predicted octanol–water partition coefficient (Wildman–Crippen LogP) is 3.28. The summed E-state index contributed by atoms with van der Waals surface area (Å²) in [6.07, 6.45) is 6.09. The standard InChI is InChI=1S/C13H18O2/c1-2-3-4-12-7-5-10-9-11(14)6-8-13(10)15-12/h6,8-9,12,14H,2-5,7H2,1H3. The van der Waals surface area contributed by atoms with Gasteiger partial charge in [-0.3, -0.25) is 0 Å². The van der Waals surface area contributed by atoms with Crippen LogP contribution in [0.3, 0.4) is 0 Å². The van der Waals surface area contributed by atoms with Crippen molar-refractivity contribution >= 4 is 0 Å². The van der Waals surface area contributed by atoms with E-state index in [-0.39, 0.29) is 0 Å². The second kappa shape index (κ2) is 4.56. The Balaban J connectivity index is 2.03. The summed E-state index contributed by atoms with van der Waals surface area (Å²) in [5.41, 5.74) is 1.14. The maximum atomic E-state index is 9.34. The van der Waals surface area contributed by atoms with Crippen molar-refractivity contribution in [1.29, 1.82) is 0 Å². The van der Waals surface area contributed by atoms with Crippen molar-refractivity contribution in [3.05, 3.63) is 23.8 Å². The lowest BCUT2D eigenvalue weighted by atomic mass is 9.99. The summed E-state index contributed by atoms with van der Waals surface area (Å²) in [6, 6.07) is 5.38. The van der Waals surface area contributed by atoms with Crippen LogP contribution < -0.4 is 4.74 Å². The Hall–Kier alpha value is -1.18. The molecule has 2 heteroatoms. The van der Waals surface area contributed by atoms with Crippen molar-refractivity contribution < 1.29 is 9.84 Å². The molecule has 2 nitrogen and oxygen atoms in total. The number of aromatic hydroxyl groups is 1. The lowest BCUT2D eigenvalue weighted by Crippen LogP contribution is -2.22. The Labute approximate surface area is 90.9 Å². The zero-order chi connectivity index (χ0) is 10.7. The molecular weight excluding hydrogens is 188 g/mol. The quantitative estimate of drug-likeness (QED) is 0.822. The molecule has 0 saturated heterocycles. The smallest absolute Gasteiger partial charge is 0.123 e. The number of rotatable bonds is 3. The number of benzene rings is 1. The molecule has 1 aromatic carbocycles. The highest BCUT2D eigenvalue weighted by molar-refractivity contribution is 5.40. The summed E-state index contributed by atoms with van der Waals surface area (Å²) in [6.45, 7) is 2.20. The molecular formula is C13H18O2. The van der Waals surface area contributed by atoms with Crippen molar-refractivity contribution in [2.24, 2.45) is 0 Å².